The molecule has 3 aromatic rings. The minimum Gasteiger partial charge on any atom is -0.494 e. The number of anilines is 1. The summed E-state index contributed by atoms with van der Waals surface area (Å²) in [4.78, 5) is 16.3. The molecular weight excluding hydrogens is 531 g/mol. The highest BCUT2D eigenvalue weighted by molar-refractivity contribution is 6.30. The molecule has 38 heavy (non-hydrogen) atoms. The van der Waals surface area contributed by atoms with Gasteiger partial charge in [-0.05, 0) is 108 Å². The Labute approximate surface area is 232 Å². The number of aromatic nitrogens is 2. The molecule has 1 saturated heterocycles. The fourth-order valence-electron chi connectivity index (χ4n) is 4.51. The first-order valence-corrected chi connectivity index (χ1v) is 13.5. The van der Waals surface area contributed by atoms with Crippen molar-refractivity contribution in [2.24, 2.45) is 5.92 Å². The van der Waals surface area contributed by atoms with Crippen LogP contribution < -0.4 is 14.4 Å². The summed E-state index contributed by atoms with van der Waals surface area (Å²) >= 11 is 11.8. The molecular formula is C27H32Cl2N4O5. The third-order valence-electron chi connectivity index (χ3n) is 6.70. The molecule has 1 unspecified atom stereocenters. The van der Waals surface area contributed by atoms with Crippen molar-refractivity contribution in [2.45, 2.75) is 44.8 Å². The van der Waals surface area contributed by atoms with Crippen molar-refractivity contribution in [3.8, 4) is 11.5 Å². The zero-order valence-electron chi connectivity index (χ0n) is 21.0. The average molecular weight is 563 g/mol. The fraction of sp³-hybridized carbons (Fsp3) is 0.444. The van der Waals surface area contributed by atoms with Crippen LogP contribution in [-0.2, 0) is 6.54 Å². The molecule has 4 rings (SSSR count). The van der Waals surface area contributed by atoms with Gasteiger partial charge in [-0.1, -0.05) is 11.6 Å². The van der Waals surface area contributed by atoms with E-state index in [0.29, 0.717) is 29.7 Å². The molecule has 2 aromatic carbocycles. The van der Waals surface area contributed by atoms with Crippen LogP contribution in [0.5, 0.6) is 11.5 Å². The summed E-state index contributed by atoms with van der Waals surface area (Å²) in [6, 6.07) is 15.4. The van der Waals surface area contributed by atoms with E-state index >= 15 is 0 Å². The summed E-state index contributed by atoms with van der Waals surface area (Å²) < 4.78 is 13.0. The van der Waals surface area contributed by atoms with Gasteiger partial charge in [-0.15, -0.1) is 0 Å². The van der Waals surface area contributed by atoms with Crippen LogP contribution >= 0.6 is 23.2 Å². The van der Waals surface area contributed by atoms with Gasteiger partial charge in [0.1, 0.15) is 24.3 Å². The number of halogens is 2. The van der Waals surface area contributed by atoms with E-state index in [1.807, 2.05) is 48.5 Å². The topological polar surface area (TPSA) is 103 Å². The van der Waals surface area contributed by atoms with Gasteiger partial charge in [0.2, 0.25) is 0 Å². The van der Waals surface area contributed by atoms with Gasteiger partial charge in [-0.3, -0.25) is 4.57 Å². The number of aryl methyl sites for hydroxylation is 1. The van der Waals surface area contributed by atoms with Gasteiger partial charge < -0.3 is 29.6 Å². The van der Waals surface area contributed by atoms with Crippen LogP contribution in [0.15, 0.2) is 54.7 Å². The first kappa shape index (κ1) is 28.0. The Balaban J connectivity index is 1.12. The molecule has 1 N–H and O–H groups in total. The van der Waals surface area contributed by atoms with Gasteiger partial charge in [0.15, 0.2) is 0 Å². The lowest BCUT2D eigenvalue weighted by Crippen LogP contribution is -2.33. The van der Waals surface area contributed by atoms with E-state index in [0.717, 1.165) is 44.7 Å². The molecule has 1 aliphatic heterocycles. The van der Waals surface area contributed by atoms with Gasteiger partial charge in [0.05, 0.1) is 12.7 Å². The number of benzene rings is 2. The standard InChI is InChI=1S/C27H32Cl2N4O5/c28-21-3-7-24(8-4-21)37-17-1-2-20-11-14-31(15-12-20)22-5-9-25(10-6-22)38-19-23(34)13-16-32-18-26(33(35)36)30-27(32)29/h3-10,18,20,23,34H,1-2,11-17,19H2. The maximum Gasteiger partial charge on any atom is 0.383 e. The number of ether oxygens (including phenoxy) is 2. The van der Waals surface area contributed by atoms with Crippen molar-refractivity contribution in [1.82, 2.24) is 9.55 Å². The van der Waals surface area contributed by atoms with E-state index in [1.54, 1.807) is 0 Å². The first-order chi connectivity index (χ1) is 18.4. The van der Waals surface area contributed by atoms with E-state index in [1.165, 1.54) is 22.9 Å². The van der Waals surface area contributed by atoms with Crippen molar-refractivity contribution in [3.05, 3.63) is 75.1 Å². The Kier molecular flexibility index (Phi) is 10.1. The number of rotatable bonds is 13. The molecule has 0 amide bonds. The minimum absolute atomic E-state index is 0.0209. The van der Waals surface area contributed by atoms with Crippen LogP contribution in [-0.4, -0.2) is 52.0 Å². The van der Waals surface area contributed by atoms with E-state index < -0.39 is 11.0 Å². The molecule has 1 fully saturated rings. The predicted octanol–water partition coefficient (Wildman–Crippen LogP) is 6.00. The zero-order valence-corrected chi connectivity index (χ0v) is 22.6. The third-order valence-corrected chi connectivity index (χ3v) is 7.26. The molecule has 11 heteroatoms. The lowest BCUT2D eigenvalue weighted by molar-refractivity contribution is -0.389. The Morgan fingerprint density at radius 2 is 1.71 bits per heavy atom. The molecule has 0 bridgehead atoms. The number of aliphatic hydroxyl groups is 1. The minimum atomic E-state index is -0.747. The van der Waals surface area contributed by atoms with E-state index in [-0.39, 0.29) is 17.7 Å². The van der Waals surface area contributed by atoms with Crippen LogP contribution in [0.25, 0.3) is 0 Å². The first-order valence-electron chi connectivity index (χ1n) is 12.8. The largest absolute Gasteiger partial charge is 0.494 e. The molecule has 2 heterocycles. The van der Waals surface area contributed by atoms with Gasteiger partial charge in [-0.25, -0.2) is 0 Å². The maximum absolute atomic E-state index is 10.8. The zero-order chi connectivity index (χ0) is 26.9. The monoisotopic (exact) mass is 562 g/mol. The fourth-order valence-corrected chi connectivity index (χ4v) is 4.86. The van der Waals surface area contributed by atoms with Crippen molar-refractivity contribution < 1.29 is 19.5 Å². The normalized spacial score (nSPS) is 14.9. The summed E-state index contributed by atoms with van der Waals surface area (Å²) in [7, 11) is 0. The number of hydrogen-bond acceptors (Lipinski definition) is 7. The number of piperidine rings is 1. The summed E-state index contributed by atoms with van der Waals surface area (Å²) in [5, 5.41) is 21.8. The highest BCUT2D eigenvalue weighted by Gasteiger charge is 2.20. The van der Waals surface area contributed by atoms with Crippen molar-refractivity contribution in [3.63, 3.8) is 0 Å². The van der Waals surface area contributed by atoms with Crippen molar-refractivity contribution in [2.75, 3.05) is 31.2 Å². The lowest BCUT2D eigenvalue weighted by atomic mass is 9.92. The molecule has 0 aliphatic carbocycles. The lowest BCUT2D eigenvalue weighted by Gasteiger charge is -2.33. The van der Waals surface area contributed by atoms with Crippen LogP contribution in [0.4, 0.5) is 11.5 Å². The smallest absolute Gasteiger partial charge is 0.383 e. The highest BCUT2D eigenvalue weighted by Crippen LogP contribution is 2.28. The van der Waals surface area contributed by atoms with Crippen LogP contribution in [0.1, 0.15) is 32.1 Å². The summed E-state index contributed by atoms with van der Waals surface area (Å²) in [5.74, 6) is 1.94. The van der Waals surface area contributed by atoms with E-state index in [2.05, 4.69) is 9.88 Å². The van der Waals surface area contributed by atoms with Gasteiger partial charge in [-0.2, -0.15) is 0 Å². The quantitative estimate of drug-likeness (QED) is 0.155. The van der Waals surface area contributed by atoms with Crippen LogP contribution in [0, 0.1) is 16.0 Å². The second-order valence-corrected chi connectivity index (χ2v) is 10.2. The molecule has 1 aliphatic rings. The number of nitro groups is 1. The Morgan fingerprint density at radius 3 is 2.37 bits per heavy atom. The van der Waals surface area contributed by atoms with Crippen molar-refractivity contribution in [1.29, 1.82) is 0 Å². The van der Waals surface area contributed by atoms with E-state index in [4.69, 9.17) is 32.7 Å². The average Bonchev–Trinajstić information content (AvgIpc) is 3.31. The van der Waals surface area contributed by atoms with Gasteiger partial charge >= 0.3 is 11.1 Å². The number of aliphatic hydroxyl groups excluding tert-OH is 1. The SMILES string of the molecule is O=[N+]([O-])c1cn(CCC(O)COc2ccc(N3CCC(CCCOc4ccc(Cl)cc4)CC3)cc2)c(Cl)n1. The summed E-state index contributed by atoms with van der Waals surface area (Å²) in [5.41, 5.74) is 1.17. The van der Waals surface area contributed by atoms with Crippen LogP contribution in [0.3, 0.4) is 0 Å². The second-order valence-electron chi connectivity index (χ2n) is 9.44. The third kappa shape index (κ3) is 8.24. The highest BCUT2D eigenvalue weighted by atomic mass is 35.5. The molecule has 1 atom stereocenters. The maximum atomic E-state index is 10.8. The van der Waals surface area contributed by atoms with Gasteiger partial charge in [0, 0.05) is 30.3 Å². The molecule has 204 valence electrons. The molecule has 1 aromatic heterocycles. The molecule has 0 radical (unpaired) electrons. The second kappa shape index (κ2) is 13.7. The van der Waals surface area contributed by atoms with E-state index in [9.17, 15) is 15.2 Å². The molecule has 0 saturated carbocycles. The Hall–Kier alpha value is -3.01. The van der Waals surface area contributed by atoms with Crippen LogP contribution in [0.2, 0.25) is 10.3 Å². The molecule has 0 spiro atoms. The number of imidazole rings is 1. The molecule has 9 nitrogen and oxygen atoms in total. The Morgan fingerprint density at radius 1 is 1.05 bits per heavy atom. The number of nitrogens with zero attached hydrogens (tertiary/aromatic N) is 4. The number of hydrogen-bond donors (Lipinski definition) is 1. The summed E-state index contributed by atoms with van der Waals surface area (Å²) in [6.07, 6.45) is 5.37. The van der Waals surface area contributed by atoms with Gasteiger partial charge in [0.25, 0.3) is 0 Å². The summed E-state index contributed by atoms with van der Waals surface area (Å²) in [6.45, 7) is 3.18. The Bertz CT molecular complexity index is 1170. The van der Waals surface area contributed by atoms with Crippen molar-refractivity contribution >= 4 is 34.7 Å². The predicted molar refractivity (Wildman–Crippen MR) is 148 cm³/mol.